The van der Waals surface area contributed by atoms with Gasteiger partial charge in [-0.25, -0.2) is 9.37 Å². The zero-order valence-corrected chi connectivity index (χ0v) is 13.4. The van der Waals surface area contributed by atoms with Crippen molar-refractivity contribution >= 4 is 15.9 Å². The highest BCUT2D eigenvalue weighted by Gasteiger charge is 2.11. The number of nitrogens with one attached hydrogen (secondary N) is 1. The highest BCUT2D eigenvalue weighted by molar-refractivity contribution is 9.10. The maximum absolute atomic E-state index is 13.4. The van der Waals surface area contributed by atoms with Crippen LogP contribution in [0.1, 0.15) is 26.7 Å². The first kappa shape index (κ1) is 15.2. The number of rotatable bonds is 4. The van der Waals surface area contributed by atoms with E-state index < -0.39 is 0 Å². The van der Waals surface area contributed by atoms with E-state index in [1.54, 1.807) is 12.3 Å². The van der Waals surface area contributed by atoms with Gasteiger partial charge in [0.25, 0.3) is 0 Å². The van der Waals surface area contributed by atoms with Gasteiger partial charge in [-0.1, -0.05) is 15.9 Å². The average Bonchev–Trinajstić information content (AvgIpc) is 2.74. The standard InChI is InChI=1S/C15H18BrFN2O/c1-15(2,3)19-5-4-14-18-9-13(20-14)10-6-11(16)8-12(17)7-10/h6-9,19H,4-5H2,1-3H3. The zero-order chi connectivity index (χ0) is 14.8. The Balaban J connectivity index is 2.05. The van der Waals surface area contributed by atoms with Crippen molar-refractivity contribution < 1.29 is 8.81 Å². The van der Waals surface area contributed by atoms with Gasteiger partial charge in [-0.15, -0.1) is 0 Å². The summed E-state index contributed by atoms with van der Waals surface area (Å²) in [6, 6.07) is 4.65. The summed E-state index contributed by atoms with van der Waals surface area (Å²) in [7, 11) is 0. The number of halogens is 2. The third kappa shape index (κ3) is 4.42. The third-order valence-corrected chi connectivity index (χ3v) is 3.15. The van der Waals surface area contributed by atoms with Crippen molar-refractivity contribution in [1.29, 1.82) is 0 Å². The van der Waals surface area contributed by atoms with Gasteiger partial charge in [0.15, 0.2) is 11.7 Å². The summed E-state index contributed by atoms with van der Waals surface area (Å²) in [5.74, 6) is 0.926. The molecule has 108 valence electrons. The van der Waals surface area contributed by atoms with Crippen molar-refractivity contribution in [2.45, 2.75) is 32.7 Å². The highest BCUT2D eigenvalue weighted by atomic mass is 79.9. The first-order chi connectivity index (χ1) is 9.33. The molecule has 0 saturated heterocycles. The van der Waals surface area contributed by atoms with Crippen molar-refractivity contribution in [3.05, 3.63) is 40.6 Å². The van der Waals surface area contributed by atoms with Gasteiger partial charge >= 0.3 is 0 Å². The molecule has 0 saturated carbocycles. The molecule has 5 heteroatoms. The maximum Gasteiger partial charge on any atom is 0.196 e. The minimum Gasteiger partial charge on any atom is -0.441 e. The van der Waals surface area contributed by atoms with E-state index in [0.717, 1.165) is 6.54 Å². The SMILES string of the molecule is CC(C)(C)NCCc1ncc(-c2cc(F)cc(Br)c2)o1. The molecule has 0 amide bonds. The second-order valence-electron chi connectivity index (χ2n) is 5.70. The van der Waals surface area contributed by atoms with Crippen LogP contribution in [0.25, 0.3) is 11.3 Å². The molecular weight excluding hydrogens is 323 g/mol. The van der Waals surface area contributed by atoms with Crippen molar-refractivity contribution in [3.8, 4) is 11.3 Å². The lowest BCUT2D eigenvalue weighted by Crippen LogP contribution is -2.37. The summed E-state index contributed by atoms with van der Waals surface area (Å²) in [5.41, 5.74) is 0.752. The molecule has 0 aliphatic rings. The Morgan fingerprint density at radius 1 is 1.30 bits per heavy atom. The lowest BCUT2D eigenvalue weighted by Gasteiger charge is -2.19. The van der Waals surface area contributed by atoms with Crippen LogP contribution in [0.4, 0.5) is 4.39 Å². The molecule has 0 aliphatic carbocycles. The van der Waals surface area contributed by atoms with Gasteiger partial charge in [-0.2, -0.15) is 0 Å². The minimum absolute atomic E-state index is 0.0723. The number of benzene rings is 1. The predicted octanol–water partition coefficient (Wildman–Crippen LogP) is 4.17. The van der Waals surface area contributed by atoms with Gasteiger partial charge in [0, 0.05) is 28.5 Å². The van der Waals surface area contributed by atoms with Crippen molar-refractivity contribution in [2.24, 2.45) is 0 Å². The molecule has 1 aromatic carbocycles. The van der Waals surface area contributed by atoms with E-state index in [2.05, 4.69) is 47.0 Å². The number of nitrogens with zero attached hydrogens (tertiary/aromatic N) is 1. The lowest BCUT2D eigenvalue weighted by molar-refractivity contribution is 0.411. The zero-order valence-electron chi connectivity index (χ0n) is 11.8. The Hall–Kier alpha value is -1.20. The Bertz CT molecular complexity index is 570. The summed E-state index contributed by atoms with van der Waals surface area (Å²) in [5, 5.41) is 3.37. The number of aromatic nitrogens is 1. The van der Waals surface area contributed by atoms with Crippen molar-refractivity contribution in [3.63, 3.8) is 0 Å². The topological polar surface area (TPSA) is 38.1 Å². The molecule has 20 heavy (non-hydrogen) atoms. The Morgan fingerprint density at radius 3 is 2.70 bits per heavy atom. The van der Waals surface area contributed by atoms with Crippen LogP contribution < -0.4 is 5.32 Å². The Kier molecular flexibility index (Phi) is 4.60. The molecule has 0 atom stereocenters. The molecule has 0 fully saturated rings. The van der Waals surface area contributed by atoms with E-state index in [9.17, 15) is 4.39 Å². The van der Waals surface area contributed by atoms with Gasteiger partial charge in [0.2, 0.25) is 0 Å². The van der Waals surface area contributed by atoms with Crippen LogP contribution in [0.3, 0.4) is 0 Å². The van der Waals surface area contributed by atoms with Crippen LogP contribution in [-0.4, -0.2) is 17.1 Å². The molecule has 1 N–H and O–H groups in total. The first-order valence-corrected chi connectivity index (χ1v) is 7.29. The largest absolute Gasteiger partial charge is 0.441 e. The van der Waals surface area contributed by atoms with E-state index in [1.807, 2.05) is 0 Å². The van der Waals surface area contributed by atoms with Gasteiger partial charge in [0.05, 0.1) is 6.20 Å². The van der Waals surface area contributed by atoms with E-state index in [4.69, 9.17) is 4.42 Å². The Labute approximate surface area is 126 Å². The first-order valence-electron chi connectivity index (χ1n) is 6.50. The summed E-state index contributed by atoms with van der Waals surface area (Å²) < 4.78 is 19.7. The van der Waals surface area contributed by atoms with E-state index in [-0.39, 0.29) is 11.4 Å². The fourth-order valence-electron chi connectivity index (χ4n) is 1.80. The van der Waals surface area contributed by atoms with E-state index in [1.165, 1.54) is 12.1 Å². The molecule has 2 rings (SSSR count). The van der Waals surface area contributed by atoms with Crippen LogP contribution in [0.5, 0.6) is 0 Å². The minimum atomic E-state index is -0.304. The molecule has 2 aromatic rings. The van der Waals surface area contributed by atoms with Gasteiger partial charge in [-0.3, -0.25) is 0 Å². The maximum atomic E-state index is 13.4. The monoisotopic (exact) mass is 340 g/mol. The summed E-state index contributed by atoms with van der Waals surface area (Å²) in [4.78, 5) is 4.23. The summed E-state index contributed by atoms with van der Waals surface area (Å²) in [6.45, 7) is 7.12. The quantitative estimate of drug-likeness (QED) is 0.907. The number of hydrogen-bond donors (Lipinski definition) is 1. The van der Waals surface area contributed by atoms with Crippen LogP contribution >= 0.6 is 15.9 Å². The second kappa shape index (κ2) is 6.06. The normalized spacial score (nSPS) is 11.8. The molecular formula is C15H18BrFN2O. The molecule has 0 spiro atoms. The third-order valence-electron chi connectivity index (χ3n) is 2.69. The van der Waals surface area contributed by atoms with Crippen LogP contribution in [0.2, 0.25) is 0 Å². The van der Waals surface area contributed by atoms with Gasteiger partial charge in [-0.05, 0) is 39.0 Å². The smallest absolute Gasteiger partial charge is 0.196 e. The fraction of sp³-hybridized carbons (Fsp3) is 0.400. The van der Waals surface area contributed by atoms with Crippen LogP contribution in [0, 0.1) is 5.82 Å². The number of oxazole rings is 1. The predicted molar refractivity (Wildman–Crippen MR) is 81.1 cm³/mol. The molecule has 1 heterocycles. The molecule has 0 bridgehead atoms. The van der Waals surface area contributed by atoms with Crippen molar-refractivity contribution in [1.82, 2.24) is 10.3 Å². The Morgan fingerprint density at radius 2 is 2.05 bits per heavy atom. The van der Waals surface area contributed by atoms with E-state index in [0.29, 0.717) is 28.1 Å². The van der Waals surface area contributed by atoms with E-state index >= 15 is 0 Å². The molecule has 3 nitrogen and oxygen atoms in total. The average molecular weight is 341 g/mol. The molecule has 0 aliphatic heterocycles. The molecule has 1 aromatic heterocycles. The fourth-order valence-corrected chi connectivity index (χ4v) is 2.27. The number of hydrogen-bond acceptors (Lipinski definition) is 3. The molecule has 0 radical (unpaired) electrons. The lowest BCUT2D eigenvalue weighted by atomic mass is 10.1. The van der Waals surface area contributed by atoms with Crippen LogP contribution in [0.15, 0.2) is 33.3 Å². The van der Waals surface area contributed by atoms with Gasteiger partial charge < -0.3 is 9.73 Å². The molecule has 0 unspecified atom stereocenters. The van der Waals surface area contributed by atoms with Gasteiger partial charge in [0.1, 0.15) is 5.82 Å². The second-order valence-corrected chi connectivity index (χ2v) is 6.62. The summed E-state index contributed by atoms with van der Waals surface area (Å²) >= 11 is 3.27. The van der Waals surface area contributed by atoms with Crippen LogP contribution in [-0.2, 0) is 6.42 Å². The summed E-state index contributed by atoms with van der Waals surface area (Å²) in [6.07, 6.45) is 2.33. The highest BCUT2D eigenvalue weighted by Crippen LogP contribution is 2.25. The van der Waals surface area contributed by atoms with Crippen molar-refractivity contribution in [2.75, 3.05) is 6.54 Å².